The molecule has 0 saturated carbocycles. The summed E-state index contributed by atoms with van der Waals surface area (Å²) in [5.41, 5.74) is 1.05. The van der Waals surface area contributed by atoms with Crippen molar-refractivity contribution in [3.05, 3.63) is 29.8 Å². The Hall–Kier alpha value is -2.04. The zero-order valence-electron chi connectivity index (χ0n) is 14.7. The monoisotopic (exact) mass is 398 g/mol. The van der Waals surface area contributed by atoms with Crippen LogP contribution < -0.4 is 14.8 Å². The molecule has 0 aliphatic carbocycles. The minimum Gasteiger partial charge on any atom is -0.493 e. The van der Waals surface area contributed by atoms with Crippen LogP contribution in [0.2, 0.25) is 0 Å². The number of amides is 1. The second kappa shape index (κ2) is 9.60. The normalized spacial score (nSPS) is 11.3. The standard InChI is InChI=1S/C16H22N4O4S2/c1-3-11-24-14-9-5-4-7-13(14)8-6-10-17-26(22,23)16-20-19-15(25-16)18-12(2)21/h4-5,7,9,17H,3,6,8,10-11H2,1-2H3,(H,18,19,21). The predicted molar refractivity (Wildman–Crippen MR) is 100.0 cm³/mol. The predicted octanol–water partition coefficient (Wildman–Crippen LogP) is 2.20. The van der Waals surface area contributed by atoms with Crippen LogP contribution in [0.25, 0.3) is 0 Å². The van der Waals surface area contributed by atoms with E-state index in [2.05, 4.69) is 20.2 Å². The molecular formula is C16H22N4O4S2. The van der Waals surface area contributed by atoms with Gasteiger partial charge in [-0.25, -0.2) is 13.1 Å². The van der Waals surface area contributed by atoms with E-state index in [1.807, 2.05) is 31.2 Å². The molecule has 0 bridgehead atoms. The van der Waals surface area contributed by atoms with Gasteiger partial charge in [0, 0.05) is 13.5 Å². The van der Waals surface area contributed by atoms with Gasteiger partial charge in [-0.1, -0.05) is 36.5 Å². The van der Waals surface area contributed by atoms with Gasteiger partial charge in [0.05, 0.1) is 6.61 Å². The summed E-state index contributed by atoms with van der Waals surface area (Å²) >= 11 is 0.809. The minimum absolute atomic E-state index is 0.153. The lowest BCUT2D eigenvalue weighted by atomic mass is 10.1. The number of rotatable bonds is 10. The third kappa shape index (κ3) is 6.04. The van der Waals surface area contributed by atoms with E-state index in [9.17, 15) is 13.2 Å². The highest BCUT2D eigenvalue weighted by Crippen LogP contribution is 2.21. The van der Waals surface area contributed by atoms with E-state index in [0.717, 1.165) is 29.1 Å². The summed E-state index contributed by atoms with van der Waals surface area (Å²) in [5, 5.41) is 9.81. The van der Waals surface area contributed by atoms with E-state index in [0.29, 0.717) is 19.4 Å². The molecule has 8 nitrogen and oxygen atoms in total. The Labute approximate surface area is 157 Å². The first-order chi connectivity index (χ1) is 12.4. The molecule has 2 rings (SSSR count). The quantitative estimate of drug-likeness (QED) is 0.469. The maximum Gasteiger partial charge on any atom is 0.269 e. The summed E-state index contributed by atoms with van der Waals surface area (Å²) < 4.78 is 32.4. The number of nitrogens with one attached hydrogen (secondary N) is 2. The third-order valence-electron chi connectivity index (χ3n) is 3.27. The lowest BCUT2D eigenvalue weighted by molar-refractivity contribution is -0.114. The molecule has 142 valence electrons. The van der Waals surface area contributed by atoms with Crippen LogP contribution in [0.4, 0.5) is 5.13 Å². The number of nitrogens with zero attached hydrogens (tertiary/aromatic N) is 2. The van der Waals surface area contributed by atoms with Crippen molar-refractivity contribution < 1.29 is 17.9 Å². The van der Waals surface area contributed by atoms with Crippen LogP contribution in [0.15, 0.2) is 28.6 Å². The number of hydrogen-bond donors (Lipinski definition) is 2. The maximum absolute atomic E-state index is 12.2. The Morgan fingerprint density at radius 2 is 2.04 bits per heavy atom. The Morgan fingerprint density at radius 3 is 2.77 bits per heavy atom. The van der Waals surface area contributed by atoms with Crippen molar-refractivity contribution in [3.8, 4) is 5.75 Å². The van der Waals surface area contributed by atoms with E-state index in [1.54, 1.807) is 0 Å². The molecule has 0 spiro atoms. The van der Waals surface area contributed by atoms with Gasteiger partial charge >= 0.3 is 0 Å². The first kappa shape index (κ1) is 20.3. The van der Waals surface area contributed by atoms with E-state index in [1.165, 1.54) is 6.92 Å². The molecule has 0 unspecified atom stereocenters. The minimum atomic E-state index is -3.74. The molecule has 0 radical (unpaired) electrons. The van der Waals surface area contributed by atoms with Gasteiger partial charge in [0.2, 0.25) is 15.4 Å². The Bertz CT molecular complexity index is 836. The highest BCUT2D eigenvalue weighted by molar-refractivity contribution is 7.91. The number of anilines is 1. The van der Waals surface area contributed by atoms with Crippen LogP contribution in [0, 0.1) is 0 Å². The fourth-order valence-corrected chi connectivity index (χ4v) is 4.19. The number of aromatic nitrogens is 2. The molecule has 0 fully saturated rings. The number of sulfonamides is 1. The highest BCUT2D eigenvalue weighted by Gasteiger charge is 2.20. The molecule has 1 heterocycles. The molecule has 1 aromatic heterocycles. The molecule has 2 N–H and O–H groups in total. The number of benzene rings is 1. The SMILES string of the molecule is CCCOc1ccccc1CCCNS(=O)(=O)c1nnc(NC(C)=O)s1. The van der Waals surface area contributed by atoms with Crippen LogP contribution in [0.5, 0.6) is 5.75 Å². The topological polar surface area (TPSA) is 110 Å². The summed E-state index contributed by atoms with van der Waals surface area (Å²) in [4.78, 5) is 11.0. The number of carbonyl (C=O) groups is 1. The lowest BCUT2D eigenvalue weighted by Crippen LogP contribution is -2.25. The zero-order valence-corrected chi connectivity index (χ0v) is 16.3. The molecule has 10 heteroatoms. The first-order valence-electron chi connectivity index (χ1n) is 8.24. The van der Waals surface area contributed by atoms with Gasteiger partial charge in [-0.2, -0.15) is 0 Å². The first-order valence-corrected chi connectivity index (χ1v) is 10.5. The summed E-state index contributed by atoms with van der Waals surface area (Å²) in [6.45, 7) is 4.27. The van der Waals surface area contributed by atoms with Crippen molar-refractivity contribution in [3.63, 3.8) is 0 Å². The van der Waals surface area contributed by atoms with E-state index < -0.39 is 10.0 Å². The largest absolute Gasteiger partial charge is 0.493 e. The van der Waals surface area contributed by atoms with Crippen molar-refractivity contribution in [1.82, 2.24) is 14.9 Å². The molecule has 1 amide bonds. The van der Waals surface area contributed by atoms with Crippen molar-refractivity contribution in [2.75, 3.05) is 18.5 Å². The van der Waals surface area contributed by atoms with Gasteiger partial charge in [0.15, 0.2) is 0 Å². The van der Waals surface area contributed by atoms with Gasteiger partial charge < -0.3 is 10.1 Å². The number of hydrogen-bond acceptors (Lipinski definition) is 7. The smallest absolute Gasteiger partial charge is 0.269 e. The summed E-state index contributed by atoms with van der Waals surface area (Å²) in [6.07, 6.45) is 2.23. The Kier molecular flexibility index (Phi) is 7.49. The van der Waals surface area contributed by atoms with Crippen LogP contribution in [-0.4, -0.2) is 37.7 Å². The van der Waals surface area contributed by atoms with E-state index in [4.69, 9.17) is 4.74 Å². The summed E-state index contributed by atoms with van der Waals surface area (Å²) in [5.74, 6) is 0.503. The summed E-state index contributed by atoms with van der Waals surface area (Å²) in [6, 6.07) is 7.74. The van der Waals surface area contributed by atoms with Gasteiger partial charge in [0.25, 0.3) is 10.0 Å². The van der Waals surface area contributed by atoms with E-state index >= 15 is 0 Å². The average Bonchev–Trinajstić information content (AvgIpc) is 3.06. The highest BCUT2D eigenvalue weighted by atomic mass is 32.2. The number of aryl methyl sites for hydroxylation is 1. The van der Waals surface area contributed by atoms with Gasteiger partial charge in [0.1, 0.15) is 5.75 Å². The lowest BCUT2D eigenvalue weighted by Gasteiger charge is -2.10. The fourth-order valence-electron chi connectivity index (χ4n) is 2.13. The summed E-state index contributed by atoms with van der Waals surface area (Å²) in [7, 11) is -3.74. The van der Waals surface area contributed by atoms with Crippen molar-refractivity contribution >= 4 is 32.4 Å². The van der Waals surface area contributed by atoms with Crippen LogP contribution >= 0.6 is 11.3 Å². The van der Waals surface area contributed by atoms with Crippen LogP contribution in [0.1, 0.15) is 32.3 Å². The Balaban J connectivity index is 1.87. The molecule has 0 saturated heterocycles. The fraction of sp³-hybridized carbons (Fsp3) is 0.438. The molecule has 0 atom stereocenters. The Morgan fingerprint density at radius 1 is 1.27 bits per heavy atom. The number of carbonyl (C=O) groups excluding carboxylic acids is 1. The second-order valence-electron chi connectivity index (χ2n) is 5.51. The van der Waals surface area contributed by atoms with Gasteiger partial charge in [-0.15, -0.1) is 10.2 Å². The molecule has 1 aromatic carbocycles. The van der Waals surface area contributed by atoms with Crippen LogP contribution in [-0.2, 0) is 21.2 Å². The molecular weight excluding hydrogens is 376 g/mol. The third-order valence-corrected chi connectivity index (χ3v) is 5.94. The zero-order chi connectivity index (χ0) is 19.0. The maximum atomic E-state index is 12.2. The van der Waals surface area contributed by atoms with Crippen molar-refractivity contribution in [1.29, 1.82) is 0 Å². The number of ether oxygens (including phenoxy) is 1. The average molecular weight is 399 g/mol. The van der Waals surface area contributed by atoms with Gasteiger partial charge in [-0.05, 0) is 30.9 Å². The van der Waals surface area contributed by atoms with Crippen molar-refractivity contribution in [2.24, 2.45) is 0 Å². The second-order valence-corrected chi connectivity index (χ2v) is 8.43. The van der Waals surface area contributed by atoms with Crippen molar-refractivity contribution in [2.45, 2.75) is 37.4 Å². The molecule has 0 aliphatic heterocycles. The van der Waals surface area contributed by atoms with Gasteiger partial charge in [-0.3, -0.25) is 4.79 Å². The molecule has 2 aromatic rings. The molecule has 26 heavy (non-hydrogen) atoms. The van der Waals surface area contributed by atoms with E-state index in [-0.39, 0.29) is 21.9 Å². The number of para-hydroxylation sites is 1. The van der Waals surface area contributed by atoms with Crippen LogP contribution in [0.3, 0.4) is 0 Å². The molecule has 0 aliphatic rings.